The van der Waals surface area contributed by atoms with Crippen LogP contribution in [0, 0.1) is 11.7 Å². The van der Waals surface area contributed by atoms with E-state index in [0.29, 0.717) is 23.2 Å². The molecule has 2 atom stereocenters. The predicted octanol–water partition coefficient (Wildman–Crippen LogP) is 3.41. The Hall–Kier alpha value is -0.800. The SMILES string of the molecule is NCC1CCCCC1Nc1c(F)cccc1Cl. The number of para-hydroxylation sites is 1. The molecule has 0 heterocycles. The Bertz CT molecular complexity index is 363. The number of halogens is 2. The van der Waals surface area contributed by atoms with Crippen LogP contribution in [-0.2, 0) is 0 Å². The van der Waals surface area contributed by atoms with E-state index in [2.05, 4.69) is 5.32 Å². The minimum atomic E-state index is -0.293. The molecule has 2 nitrogen and oxygen atoms in total. The maximum Gasteiger partial charge on any atom is 0.147 e. The van der Waals surface area contributed by atoms with Gasteiger partial charge in [0.15, 0.2) is 0 Å². The molecule has 0 amide bonds. The summed E-state index contributed by atoms with van der Waals surface area (Å²) in [6.45, 7) is 0.643. The third-order valence-corrected chi connectivity index (χ3v) is 3.82. The predicted molar refractivity (Wildman–Crippen MR) is 69.8 cm³/mol. The molecule has 1 aromatic rings. The average molecular weight is 257 g/mol. The van der Waals surface area contributed by atoms with E-state index in [-0.39, 0.29) is 11.9 Å². The maximum atomic E-state index is 13.7. The van der Waals surface area contributed by atoms with Gasteiger partial charge in [0.05, 0.1) is 10.7 Å². The van der Waals surface area contributed by atoms with Crippen molar-refractivity contribution in [3.8, 4) is 0 Å². The fourth-order valence-corrected chi connectivity index (χ4v) is 2.72. The summed E-state index contributed by atoms with van der Waals surface area (Å²) in [5.74, 6) is 0.123. The van der Waals surface area contributed by atoms with Gasteiger partial charge >= 0.3 is 0 Å². The standard InChI is InChI=1S/C13H18ClFN2/c14-10-5-3-6-11(15)13(10)17-12-7-2-1-4-9(12)8-16/h3,5-6,9,12,17H,1-2,4,7-8,16H2. The molecule has 1 aliphatic rings. The van der Waals surface area contributed by atoms with E-state index in [4.69, 9.17) is 17.3 Å². The van der Waals surface area contributed by atoms with Gasteiger partial charge in [-0.2, -0.15) is 0 Å². The molecule has 1 saturated carbocycles. The molecule has 94 valence electrons. The molecule has 1 aromatic carbocycles. The van der Waals surface area contributed by atoms with E-state index in [1.165, 1.54) is 18.9 Å². The van der Waals surface area contributed by atoms with E-state index < -0.39 is 0 Å². The van der Waals surface area contributed by atoms with Crippen molar-refractivity contribution in [2.75, 3.05) is 11.9 Å². The third-order valence-electron chi connectivity index (χ3n) is 3.50. The molecular weight excluding hydrogens is 239 g/mol. The number of rotatable bonds is 3. The molecule has 3 N–H and O–H groups in total. The second-order valence-electron chi connectivity index (χ2n) is 4.63. The molecule has 2 rings (SSSR count). The molecule has 4 heteroatoms. The van der Waals surface area contributed by atoms with Crippen molar-refractivity contribution >= 4 is 17.3 Å². The minimum absolute atomic E-state index is 0.239. The Morgan fingerprint density at radius 1 is 1.35 bits per heavy atom. The van der Waals surface area contributed by atoms with Crippen LogP contribution in [0.25, 0.3) is 0 Å². The van der Waals surface area contributed by atoms with Crippen LogP contribution < -0.4 is 11.1 Å². The van der Waals surface area contributed by atoms with Gasteiger partial charge in [0.1, 0.15) is 5.82 Å². The van der Waals surface area contributed by atoms with E-state index in [1.807, 2.05) is 0 Å². The first kappa shape index (κ1) is 12.7. The number of benzene rings is 1. The largest absolute Gasteiger partial charge is 0.378 e. The molecule has 1 fully saturated rings. The highest BCUT2D eigenvalue weighted by Crippen LogP contribution is 2.31. The summed E-state index contributed by atoms with van der Waals surface area (Å²) in [4.78, 5) is 0. The molecule has 0 bridgehead atoms. The quantitative estimate of drug-likeness (QED) is 0.870. The average Bonchev–Trinajstić information content (AvgIpc) is 2.34. The number of hydrogen-bond acceptors (Lipinski definition) is 2. The van der Waals surface area contributed by atoms with Crippen LogP contribution in [-0.4, -0.2) is 12.6 Å². The van der Waals surface area contributed by atoms with Crippen LogP contribution in [0.15, 0.2) is 18.2 Å². The van der Waals surface area contributed by atoms with Crippen molar-refractivity contribution < 1.29 is 4.39 Å². The highest BCUT2D eigenvalue weighted by molar-refractivity contribution is 6.33. The Kier molecular flexibility index (Phi) is 4.24. The minimum Gasteiger partial charge on any atom is -0.378 e. The molecule has 0 spiro atoms. The van der Waals surface area contributed by atoms with Crippen LogP contribution in [0.4, 0.5) is 10.1 Å². The molecule has 17 heavy (non-hydrogen) atoms. The Morgan fingerprint density at radius 2 is 2.12 bits per heavy atom. The summed E-state index contributed by atoms with van der Waals surface area (Å²) in [6.07, 6.45) is 4.53. The van der Waals surface area contributed by atoms with Gasteiger partial charge in [-0.05, 0) is 37.4 Å². The topological polar surface area (TPSA) is 38.0 Å². The van der Waals surface area contributed by atoms with Gasteiger partial charge in [0, 0.05) is 6.04 Å². The molecule has 0 saturated heterocycles. The zero-order valence-electron chi connectivity index (χ0n) is 9.76. The lowest BCUT2D eigenvalue weighted by atomic mass is 9.84. The lowest BCUT2D eigenvalue weighted by Gasteiger charge is -2.32. The van der Waals surface area contributed by atoms with Gasteiger partial charge in [-0.1, -0.05) is 30.5 Å². The summed E-state index contributed by atoms with van der Waals surface area (Å²) >= 11 is 6.01. The van der Waals surface area contributed by atoms with Gasteiger partial charge in [0.25, 0.3) is 0 Å². The van der Waals surface area contributed by atoms with Gasteiger partial charge < -0.3 is 11.1 Å². The van der Waals surface area contributed by atoms with Crippen molar-refractivity contribution in [2.24, 2.45) is 11.7 Å². The molecule has 0 aromatic heterocycles. The number of anilines is 1. The smallest absolute Gasteiger partial charge is 0.147 e. The zero-order chi connectivity index (χ0) is 12.3. The summed E-state index contributed by atoms with van der Waals surface area (Å²) in [5.41, 5.74) is 6.17. The van der Waals surface area contributed by atoms with Crippen LogP contribution in [0.1, 0.15) is 25.7 Å². The van der Waals surface area contributed by atoms with Crippen molar-refractivity contribution in [3.05, 3.63) is 29.0 Å². The normalized spacial score (nSPS) is 24.6. The number of hydrogen-bond donors (Lipinski definition) is 2. The second-order valence-corrected chi connectivity index (χ2v) is 5.03. The fraction of sp³-hybridized carbons (Fsp3) is 0.538. The van der Waals surface area contributed by atoms with Gasteiger partial charge in [-0.25, -0.2) is 4.39 Å². The zero-order valence-corrected chi connectivity index (χ0v) is 10.5. The first-order valence-electron chi connectivity index (χ1n) is 6.13. The van der Waals surface area contributed by atoms with Gasteiger partial charge in [-0.15, -0.1) is 0 Å². The maximum absolute atomic E-state index is 13.7. The van der Waals surface area contributed by atoms with E-state index in [0.717, 1.165) is 12.8 Å². The van der Waals surface area contributed by atoms with Crippen molar-refractivity contribution in [3.63, 3.8) is 0 Å². The van der Waals surface area contributed by atoms with Crippen molar-refractivity contribution in [2.45, 2.75) is 31.7 Å². The number of nitrogens with two attached hydrogens (primary N) is 1. The second kappa shape index (κ2) is 5.69. The van der Waals surface area contributed by atoms with Gasteiger partial charge in [0.2, 0.25) is 0 Å². The highest BCUT2D eigenvalue weighted by atomic mass is 35.5. The Labute approximate surface area is 106 Å². The molecule has 0 radical (unpaired) electrons. The lowest BCUT2D eigenvalue weighted by molar-refractivity contribution is 0.332. The molecular formula is C13H18ClFN2. The van der Waals surface area contributed by atoms with Crippen LogP contribution in [0.3, 0.4) is 0 Å². The van der Waals surface area contributed by atoms with E-state index in [9.17, 15) is 4.39 Å². The van der Waals surface area contributed by atoms with Crippen molar-refractivity contribution in [1.82, 2.24) is 0 Å². The van der Waals surface area contributed by atoms with Crippen LogP contribution in [0.2, 0.25) is 5.02 Å². The van der Waals surface area contributed by atoms with Crippen LogP contribution >= 0.6 is 11.6 Å². The Balaban J connectivity index is 2.13. The third kappa shape index (κ3) is 2.90. The van der Waals surface area contributed by atoms with Crippen LogP contribution in [0.5, 0.6) is 0 Å². The molecule has 2 unspecified atom stereocenters. The summed E-state index contributed by atoms with van der Waals surface area (Å²) in [7, 11) is 0. The molecule has 0 aliphatic heterocycles. The summed E-state index contributed by atoms with van der Waals surface area (Å²) in [6, 6.07) is 4.98. The summed E-state index contributed by atoms with van der Waals surface area (Å²) in [5, 5.41) is 3.67. The van der Waals surface area contributed by atoms with E-state index in [1.54, 1.807) is 12.1 Å². The highest BCUT2D eigenvalue weighted by Gasteiger charge is 2.25. The fourth-order valence-electron chi connectivity index (χ4n) is 2.50. The lowest BCUT2D eigenvalue weighted by Crippen LogP contribution is -2.37. The first-order chi connectivity index (χ1) is 8.22. The molecule has 1 aliphatic carbocycles. The summed E-state index contributed by atoms with van der Waals surface area (Å²) < 4.78 is 13.7. The number of nitrogens with one attached hydrogen (secondary N) is 1. The first-order valence-corrected chi connectivity index (χ1v) is 6.50. The Morgan fingerprint density at radius 3 is 2.82 bits per heavy atom. The monoisotopic (exact) mass is 256 g/mol. The van der Waals surface area contributed by atoms with Gasteiger partial charge in [-0.3, -0.25) is 0 Å². The van der Waals surface area contributed by atoms with Crippen molar-refractivity contribution in [1.29, 1.82) is 0 Å². The van der Waals surface area contributed by atoms with E-state index >= 15 is 0 Å².